The number of aliphatic hydroxyl groups excluding tert-OH is 2. The minimum Gasteiger partial charge on any atom is -0.466 e. The zero-order chi connectivity index (χ0) is 54.3. The minimum atomic E-state index is -0.661. The molecule has 6 nitrogen and oxygen atoms in total. The van der Waals surface area contributed by atoms with Crippen LogP contribution in [-0.4, -0.2) is 47.4 Å². The minimum absolute atomic E-state index is 0.0196. The highest BCUT2D eigenvalue weighted by atomic mass is 16.5. The van der Waals surface area contributed by atoms with Crippen molar-refractivity contribution in [2.24, 2.45) is 0 Å². The topological polar surface area (TPSA) is 95.9 Å². The lowest BCUT2D eigenvalue weighted by atomic mass is 10.0. The number of amides is 1. The SMILES string of the molecule is CCCCCCCCCCCCCCCCC(O)C(CO)NC(=O)CCCCCCCCCCCCCCCCCC/C=C\CCCCCCCCCCCCCCOC(=O)CCCCCCCCCCCCCC. The van der Waals surface area contributed by atoms with Crippen LogP contribution >= 0.6 is 0 Å². The number of rotatable bonds is 65. The van der Waals surface area contributed by atoms with Gasteiger partial charge in [0.05, 0.1) is 25.4 Å². The Morgan fingerprint density at radius 1 is 0.360 bits per heavy atom. The van der Waals surface area contributed by atoms with Crippen LogP contribution in [0.2, 0.25) is 0 Å². The monoisotopic (exact) mass is 1060 g/mol. The number of unbranched alkanes of at least 4 members (excludes halogenated alkanes) is 52. The number of esters is 1. The van der Waals surface area contributed by atoms with Crippen molar-refractivity contribution in [1.82, 2.24) is 5.32 Å². The molecular formula is C69H135NO5. The summed E-state index contributed by atoms with van der Waals surface area (Å²) in [5.74, 6) is -0.00994. The first-order chi connectivity index (χ1) is 37.0. The van der Waals surface area contributed by atoms with Gasteiger partial charge in [-0.25, -0.2) is 0 Å². The Labute approximate surface area is 469 Å². The highest BCUT2D eigenvalue weighted by molar-refractivity contribution is 5.76. The molecule has 0 aromatic rings. The summed E-state index contributed by atoms with van der Waals surface area (Å²) in [5.41, 5.74) is 0. The van der Waals surface area contributed by atoms with E-state index in [2.05, 4.69) is 31.3 Å². The molecule has 0 rings (SSSR count). The summed E-state index contributed by atoms with van der Waals surface area (Å²) >= 11 is 0. The van der Waals surface area contributed by atoms with Gasteiger partial charge in [0.1, 0.15) is 0 Å². The first kappa shape index (κ1) is 73.6. The number of allylic oxidation sites excluding steroid dienone is 2. The first-order valence-corrected chi connectivity index (χ1v) is 34.4. The molecule has 1 amide bonds. The molecule has 6 heteroatoms. The third-order valence-corrected chi connectivity index (χ3v) is 16.3. The Morgan fingerprint density at radius 2 is 0.627 bits per heavy atom. The van der Waals surface area contributed by atoms with Gasteiger partial charge in [0, 0.05) is 12.8 Å². The van der Waals surface area contributed by atoms with Gasteiger partial charge in [-0.3, -0.25) is 9.59 Å². The van der Waals surface area contributed by atoms with Gasteiger partial charge >= 0.3 is 5.97 Å². The number of hydrogen-bond donors (Lipinski definition) is 3. The maximum absolute atomic E-state index is 12.5. The normalized spacial score (nSPS) is 12.5. The summed E-state index contributed by atoms with van der Waals surface area (Å²) in [4.78, 5) is 24.5. The second kappa shape index (κ2) is 65.1. The van der Waals surface area contributed by atoms with E-state index < -0.39 is 12.1 Å². The molecule has 2 unspecified atom stereocenters. The second-order valence-electron chi connectivity index (χ2n) is 23.9. The van der Waals surface area contributed by atoms with Crippen LogP contribution in [0.3, 0.4) is 0 Å². The Bertz CT molecular complexity index is 1130. The molecule has 75 heavy (non-hydrogen) atoms. The molecule has 0 spiro atoms. The van der Waals surface area contributed by atoms with Crippen LogP contribution in [0.25, 0.3) is 0 Å². The molecule has 0 radical (unpaired) electrons. The van der Waals surface area contributed by atoms with Gasteiger partial charge in [0.15, 0.2) is 0 Å². The molecule has 0 heterocycles. The molecule has 0 aromatic heterocycles. The van der Waals surface area contributed by atoms with Gasteiger partial charge in [-0.05, 0) is 51.4 Å². The van der Waals surface area contributed by atoms with Crippen molar-refractivity contribution in [3.8, 4) is 0 Å². The van der Waals surface area contributed by atoms with Crippen LogP contribution in [0, 0.1) is 0 Å². The smallest absolute Gasteiger partial charge is 0.305 e. The Hall–Kier alpha value is -1.40. The lowest BCUT2D eigenvalue weighted by Crippen LogP contribution is -2.45. The molecule has 0 saturated carbocycles. The summed E-state index contributed by atoms with van der Waals surface area (Å²) in [6.07, 6.45) is 79.8. The third-order valence-electron chi connectivity index (χ3n) is 16.3. The molecule has 3 N–H and O–H groups in total. The summed E-state index contributed by atoms with van der Waals surface area (Å²) < 4.78 is 5.48. The zero-order valence-electron chi connectivity index (χ0n) is 51.1. The Kier molecular flexibility index (Phi) is 63.9. The van der Waals surface area contributed by atoms with Crippen molar-refractivity contribution in [1.29, 1.82) is 0 Å². The van der Waals surface area contributed by atoms with E-state index in [4.69, 9.17) is 4.74 Å². The second-order valence-corrected chi connectivity index (χ2v) is 23.9. The van der Waals surface area contributed by atoms with Gasteiger partial charge < -0.3 is 20.3 Å². The highest BCUT2D eigenvalue weighted by Crippen LogP contribution is 2.19. The fraction of sp³-hybridized carbons (Fsp3) is 0.942. The summed E-state index contributed by atoms with van der Waals surface area (Å²) in [7, 11) is 0. The summed E-state index contributed by atoms with van der Waals surface area (Å²) in [5, 5.41) is 23.3. The van der Waals surface area contributed by atoms with Crippen molar-refractivity contribution in [2.45, 2.75) is 405 Å². The third kappa shape index (κ3) is 61.7. The summed E-state index contributed by atoms with van der Waals surface area (Å²) in [6, 6.07) is -0.538. The number of carbonyl (C=O) groups is 2. The lowest BCUT2D eigenvalue weighted by molar-refractivity contribution is -0.143. The van der Waals surface area contributed by atoms with E-state index in [1.165, 1.54) is 321 Å². The fourth-order valence-electron chi connectivity index (χ4n) is 11.1. The molecule has 446 valence electrons. The first-order valence-electron chi connectivity index (χ1n) is 34.4. The van der Waals surface area contributed by atoms with Gasteiger partial charge in [0.2, 0.25) is 5.91 Å². The van der Waals surface area contributed by atoms with Gasteiger partial charge in [-0.1, -0.05) is 341 Å². The molecule has 0 saturated heterocycles. The predicted octanol–water partition coefficient (Wildman–Crippen LogP) is 22.0. The molecule has 0 fully saturated rings. The zero-order valence-corrected chi connectivity index (χ0v) is 51.1. The maximum Gasteiger partial charge on any atom is 0.305 e. The fourth-order valence-corrected chi connectivity index (χ4v) is 11.1. The molecule has 0 aliphatic heterocycles. The van der Waals surface area contributed by atoms with E-state index in [0.717, 1.165) is 38.5 Å². The van der Waals surface area contributed by atoms with Crippen molar-refractivity contribution < 1.29 is 24.5 Å². The highest BCUT2D eigenvalue weighted by Gasteiger charge is 2.20. The largest absolute Gasteiger partial charge is 0.466 e. The average molecular weight is 1060 g/mol. The van der Waals surface area contributed by atoms with E-state index in [0.29, 0.717) is 25.9 Å². The van der Waals surface area contributed by atoms with Crippen molar-refractivity contribution in [2.75, 3.05) is 13.2 Å². The van der Waals surface area contributed by atoms with Crippen LogP contribution in [0.15, 0.2) is 12.2 Å². The van der Waals surface area contributed by atoms with Gasteiger partial charge in [-0.15, -0.1) is 0 Å². The van der Waals surface area contributed by atoms with Crippen LogP contribution in [-0.2, 0) is 14.3 Å². The van der Waals surface area contributed by atoms with E-state index >= 15 is 0 Å². The lowest BCUT2D eigenvalue weighted by Gasteiger charge is -2.22. The number of aliphatic hydroxyl groups is 2. The molecule has 0 bridgehead atoms. The Morgan fingerprint density at radius 3 is 0.947 bits per heavy atom. The standard InChI is InChI=1S/C69H135NO5/c1-3-5-7-9-11-13-15-17-38-41-45-49-53-57-61-67(72)66(65-71)70-68(73)62-58-54-50-46-42-39-36-34-32-30-28-26-24-22-20-18-19-21-23-25-27-29-31-33-35-37-40-44-48-52-56-60-64-75-69(74)63-59-55-51-47-43-16-14-12-10-8-6-4-2/h21,23,66-67,71-72H,3-20,22,24-65H2,1-2H3,(H,70,73)/b23-21-. The number of carbonyl (C=O) groups excluding carboxylic acids is 2. The number of hydrogen-bond acceptors (Lipinski definition) is 5. The van der Waals surface area contributed by atoms with Crippen LogP contribution in [0.4, 0.5) is 0 Å². The van der Waals surface area contributed by atoms with Gasteiger partial charge in [-0.2, -0.15) is 0 Å². The van der Waals surface area contributed by atoms with Crippen molar-refractivity contribution in [3.05, 3.63) is 12.2 Å². The molecule has 2 atom stereocenters. The van der Waals surface area contributed by atoms with Crippen LogP contribution < -0.4 is 5.32 Å². The molecule has 0 aliphatic rings. The van der Waals surface area contributed by atoms with E-state index in [9.17, 15) is 19.8 Å². The molecule has 0 aliphatic carbocycles. The number of ether oxygens (including phenoxy) is 1. The quantitative estimate of drug-likeness (QED) is 0.0320. The number of nitrogens with one attached hydrogen (secondary N) is 1. The maximum atomic E-state index is 12.5. The molecule has 0 aromatic carbocycles. The van der Waals surface area contributed by atoms with Crippen molar-refractivity contribution in [3.63, 3.8) is 0 Å². The average Bonchev–Trinajstić information content (AvgIpc) is 3.41. The van der Waals surface area contributed by atoms with Crippen LogP contribution in [0.1, 0.15) is 393 Å². The van der Waals surface area contributed by atoms with E-state index in [1.807, 2.05) is 0 Å². The van der Waals surface area contributed by atoms with E-state index in [1.54, 1.807) is 0 Å². The summed E-state index contributed by atoms with van der Waals surface area (Å²) in [6.45, 7) is 4.98. The van der Waals surface area contributed by atoms with Crippen molar-refractivity contribution >= 4 is 11.9 Å². The predicted molar refractivity (Wildman–Crippen MR) is 329 cm³/mol. The Balaban J connectivity index is 3.34. The van der Waals surface area contributed by atoms with Crippen LogP contribution in [0.5, 0.6) is 0 Å². The van der Waals surface area contributed by atoms with Gasteiger partial charge in [0.25, 0.3) is 0 Å². The van der Waals surface area contributed by atoms with E-state index in [-0.39, 0.29) is 18.5 Å². The molecular weight excluding hydrogens is 923 g/mol.